The predicted molar refractivity (Wildman–Crippen MR) is 75.5 cm³/mol. The van der Waals surface area contributed by atoms with Crippen LogP contribution in [-0.4, -0.2) is 32.9 Å². The first-order valence-electron chi connectivity index (χ1n) is 6.60. The van der Waals surface area contributed by atoms with Crippen molar-refractivity contribution in [2.45, 2.75) is 51.1 Å². The topological polar surface area (TPSA) is 62.6 Å². The van der Waals surface area contributed by atoms with Gasteiger partial charge in [-0.1, -0.05) is 13.8 Å². The van der Waals surface area contributed by atoms with E-state index in [0.29, 0.717) is 18.1 Å². The molecular formula is C13H24N2O3S. The van der Waals surface area contributed by atoms with Crippen molar-refractivity contribution < 1.29 is 12.8 Å². The highest BCUT2D eigenvalue weighted by Crippen LogP contribution is 2.25. The predicted octanol–water partition coefficient (Wildman–Crippen LogP) is 2.12. The Kier molecular flexibility index (Phi) is 5.58. The van der Waals surface area contributed by atoms with Gasteiger partial charge in [0, 0.05) is 19.2 Å². The van der Waals surface area contributed by atoms with E-state index < -0.39 is 10.0 Å². The Bertz CT molecular complexity index is 504. The van der Waals surface area contributed by atoms with Crippen LogP contribution >= 0.6 is 0 Å². The van der Waals surface area contributed by atoms with Crippen molar-refractivity contribution in [3.63, 3.8) is 0 Å². The van der Waals surface area contributed by atoms with Crippen molar-refractivity contribution in [2.75, 3.05) is 14.1 Å². The van der Waals surface area contributed by atoms with Crippen molar-refractivity contribution in [3.8, 4) is 0 Å². The van der Waals surface area contributed by atoms with Crippen LogP contribution in [-0.2, 0) is 16.6 Å². The molecule has 19 heavy (non-hydrogen) atoms. The van der Waals surface area contributed by atoms with E-state index in [1.807, 2.05) is 13.8 Å². The Morgan fingerprint density at radius 2 is 1.95 bits per heavy atom. The van der Waals surface area contributed by atoms with E-state index in [0.717, 1.165) is 12.8 Å². The summed E-state index contributed by atoms with van der Waals surface area (Å²) in [4.78, 5) is 0.271. The summed E-state index contributed by atoms with van der Waals surface area (Å²) in [5.74, 6) is 1.08. The molecule has 0 aromatic carbocycles. The number of rotatable bonds is 7. The van der Waals surface area contributed by atoms with Gasteiger partial charge in [-0.2, -0.15) is 4.31 Å². The van der Waals surface area contributed by atoms with Gasteiger partial charge >= 0.3 is 0 Å². The van der Waals surface area contributed by atoms with Gasteiger partial charge in [0.1, 0.15) is 16.4 Å². The maximum atomic E-state index is 12.6. The standard InChI is InChI=1S/C13H24N2O3S/c1-6-11(7-2)15(5)19(16,17)13-8-12(9-14-4)18-10(13)3/h8,11,14H,6-7,9H2,1-5H3. The van der Waals surface area contributed by atoms with E-state index in [1.54, 1.807) is 27.1 Å². The molecule has 0 saturated carbocycles. The van der Waals surface area contributed by atoms with Crippen LogP contribution in [0.4, 0.5) is 0 Å². The zero-order valence-electron chi connectivity index (χ0n) is 12.4. The minimum atomic E-state index is -3.48. The number of nitrogens with zero attached hydrogens (tertiary/aromatic N) is 1. The molecule has 0 radical (unpaired) electrons. The van der Waals surface area contributed by atoms with Crippen LogP contribution in [0.1, 0.15) is 38.2 Å². The highest BCUT2D eigenvalue weighted by molar-refractivity contribution is 7.89. The molecule has 0 aliphatic heterocycles. The summed E-state index contributed by atoms with van der Waals surface area (Å²) in [6.45, 7) is 6.20. The lowest BCUT2D eigenvalue weighted by Crippen LogP contribution is -2.36. The summed E-state index contributed by atoms with van der Waals surface area (Å²) in [5.41, 5.74) is 0. The molecule has 1 heterocycles. The fourth-order valence-electron chi connectivity index (χ4n) is 2.20. The smallest absolute Gasteiger partial charge is 0.246 e. The molecule has 1 N–H and O–H groups in total. The normalized spacial score (nSPS) is 12.6. The van der Waals surface area contributed by atoms with Crippen LogP contribution < -0.4 is 5.32 Å². The van der Waals surface area contributed by atoms with Crippen molar-refractivity contribution in [2.24, 2.45) is 0 Å². The van der Waals surface area contributed by atoms with Gasteiger partial charge in [0.05, 0.1) is 6.54 Å². The molecule has 0 unspecified atom stereocenters. The Morgan fingerprint density at radius 3 is 2.42 bits per heavy atom. The van der Waals surface area contributed by atoms with E-state index in [1.165, 1.54) is 4.31 Å². The molecule has 0 saturated heterocycles. The first-order valence-corrected chi connectivity index (χ1v) is 8.04. The number of sulfonamides is 1. The highest BCUT2D eigenvalue weighted by atomic mass is 32.2. The van der Waals surface area contributed by atoms with Crippen LogP contribution in [0.25, 0.3) is 0 Å². The summed E-state index contributed by atoms with van der Waals surface area (Å²) < 4.78 is 32.1. The molecule has 0 aliphatic carbocycles. The van der Waals surface area contributed by atoms with Crippen LogP contribution in [0.2, 0.25) is 0 Å². The molecule has 1 rings (SSSR count). The Hall–Kier alpha value is -0.850. The van der Waals surface area contributed by atoms with Crippen LogP contribution in [0.15, 0.2) is 15.4 Å². The fourth-order valence-corrected chi connectivity index (χ4v) is 3.88. The first-order chi connectivity index (χ1) is 8.88. The van der Waals surface area contributed by atoms with E-state index in [2.05, 4.69) is 5.32 Å². The van der Waals surface area contributed by atoms with Crippen molar-refractivity contribution >= 4 is 10.0 Å². The van der Waals surface area contributed by atoms with E-state index in [4.69, 9.17) is 4.42 Å². The lowest BCUT2D eigenvalue weighted by Gasteiger charge is -2.25. The second-order valence-electron chi connectivity index (χ2n) is 4.66. The van der Waals surface area contributed by atoms with Gasteiger partial charge in [-0.05, 0) is 26.8 Å². The lowest BCUT2D eigenvalue weighted by atomic mass is 10.2. The van der Waals surface area contributed by atoms with E-state index >= 15 is 0 Å². The second-order valence-corrected chi connectivity index (χ2v) is 6.62. The Morgan fingerprint density at radius 1 is 1.37 bits per heavy atom. The molecule has 0 spiro atoms. The molecule has 6 heteroatoms. The monoisotopic (exact) mass is 288 g/mol. The average molecular weight is 288 g/mol. The SMILES string of the molecule is CCC(CC)N(C)S(=O)(=O)c1cc(CNC)oc1C. The third-order valence-electron chi connectivity index (χ3n) is 3.39. The van der Waals surface area contributed by atoms with Crippen LogP contribution in [0, 0.1) is 6.92 Å². The Labute approximate surface area is 116 Å². The summed E-state index contributed by atoms with van der Waals surface area (Å²) in [6.07, 6.45) is 1.60. The molecule has 0 amide bonds. The Balaban J connectivity index is 3.12. The first kappa shape index (κ1) is 16.2. The summed E-state index contributed by atoms with van der Waals surface area (Å²) in [7, 11) is -0.0487. The van der Waals surface area contributed by atoms with Gasteiger partial charge in [0.15, 0.2) is 0 Å². The van der Waals surface area contributed by atoms with Gasteiger partial charge in [-0.3, -0.25) is 0 Å². The average Bonchev–Trinajstić information content (AvgIpc) is 2.73. The third-order valence-corrected chi connectivity index (χ3v) is 5.41. The molecule has 5 nitrogen and oxygen atoms in total. The van der Waals surface area contributed by atoms with Crippen LogP contribution in [0.5, 0.6) is 0 Å². The maximum absolute atomic E-state index is 12.6. The fraction of sp³-hybridized carbons (Fsp3) is 0.692. The van der Waals surface area contributed by atoms with Gasteiger partial charge in [0.25, 0.3) is 0 Å². The molecule has 110 valence electrons. The highest BCUT2D eigenvalue weighted by Gasteiger charge is 2.29. The molecule has 1 aromatic rings. The zero-order valence-corrected chi connectivity index (χ0v) is 13.2. The van der Waals surface area contributed by atoms with Gasteiger partial charge in [-0.25, -0.2) is 8.42 Å². The summed E-state index contributed by atoms with van der Waals surface area (Å²) in [6, 6.07) is 1.63. The van der Waals surface area contributed by atoms with Crippen molar-refractivity contribution in [3.05, 3.63) is 17.6 Å². The maximum Gasteiger partial charge on any atom is 0.246 e. The quantitative estimate of drug-likeness (QED) is 0.835. The molecule has 0 atom stereocenters. The molecule has 1 aromatic heterocycles. The summed E-state index contributed by atoms with van der Waals surface area (Å²) in [5, 5.41) is 2.95. The van der Waals surface area contributed by atoms with Crippen LogP contribution in [0.3, 0.4) is 0 Å². The molecule has 0 aliphatic rings. The van der Waals surface area contributed by atoms with Gasteiger partial charge in [0.2, 0.25) is 10.0 Å². The lowest BCUT2D eigenvalue weighted by molar-refractivity contribution is 0.349. The largest absolute Gasteiger partial charge is 0.464 e. The number of aryl methyl sites for hydroxylation is 1. The minimum Gasteiger partial charge on any atom is -0.464 e. The second kappa shape index (κ2) is 6.54. The molecule has 0 bridgehead atoms. The van der Waals surface area contributed by atoms with Crippen molar-refractivity contribution in [1.29, 1.82) is 0 Å². The number of nitrogens with one attached hydrogen (secondary N) is 1. The van der Waals surface area contributed by atoms with Gasteiger partial charge in [-0.15, -0.1) is 0 Å². The zero-order chi connectivity index (χ0) is 14.6. The summed E-state index contributed by atoms with van der Waals surface area (Å²) >= 11 is 0. The molecular weight excluding hydrogens is 264 g/mol. The number of furan rings is 1. The third kappa shape index (κ3) is 3.38. The van der Waals surface area contributed by atoms with E-state index in [-0.39, 0.29) is 10.9 Å². The minimum absolute atomic E-state index is 0.0204. The van der Waals surface area contributed by atoms with E-state index in [9.17, 15) is 8.42 Å². The molecule has 0 fully saturated rings. The number of hydrogen-bond donors (Lipinski definition) is 1. The van der Waals surface area contributed by atoms with Crippen molar-refractivity contribution in [1.82, 2.24) is 9.62 Å². The van der Waals surface area contributed by atoms with Gasteiger partial charge < -0.3 is 9.73 Å². The number of hydrogen-bond acceptors (Lipinski definition) is 4.